The first-order chi connectivity index (χ1) is 6.85. The summed E-state index contributed by atoms with van der Waals surface area (Å²) in [6.07, 6.45) is 7.41. The van der Waals surface area contributed by atoms with Crippen molar-refractivity contribution in [2.24, 2.45) is 4.99 Å². The molecule has 0 aliphatic carbocycles. The van der Waals surface area contributed by atoms with Crippen LogP contribution in [-0.2, 0) is 0 Å². The minimum absolute atomic E-state index is 0.883. The van der Waals surface area contributed by atoms with Gasteiger partial charge in [-0.15, -0.1) is 0 Å². The molecule has 3 nitrogen and oxygen atoms in total. The SMILES string of the molecule is CN=C(NC)NCCCCCCSC. The summed E-state index contributed by atoms with van der Waals surface area (Å²) >= 11 is 1.93. The minimum atomic E-state index is 0.883. The van der Waals surface area contributed by atoms with Gasteiger partial charge in [0.1, 0.15) is 0 Å². The zero-order chi connectivity index (χ0) is 10.6. The predicted molar refractivity (Wildman–Crippen MR) is 67.3 cm³/mol. The number of aliphatic imine (C=N–C) groups is 1. The Labute approximate surface area is 92.1 Å². The number of thioether (sulfide) groups is 1. The van der Waals surface area contributed by atoms with Crippen molar-refractivity contribution in [3.05, 3.63) is 0 Å². The molecule has 14 heavy (non-hydrogen) atoms. The maximum absolute atomic E-state index is 4.04. The topological polar surface area (TPSA) is 36.4 Å². The highest BCUT2D eigenvalue weighted by Crippen LogP contribution is 2.03. The highest BCUT2D eigenvalue weighted by atomic mass is 32.2. The van der Waals surface area contributed by atoms with Crippen molar-refractivity contribution in [3.8, 4) is 0 Å². The summed E-state index contributed by atoms with van der Waals surface area (Å²) in [4.78, 5) is 4.04. The second-order valence-corrected chi connectivity index (χ2v) is 4.14. The second-order valence-electron chi connectivity index (χ2n) is 3.16. The molecular formula is C10H23N3S. The predicted octanol–water partition coefficient (Wildman–Crippen LogP) is 1.70. The molecule has 84 valence electrons. The van der Waals surface area contributed by atoms with Crippen LogP contribution in [0.2, 0.25) is 0 Å². The van der Waals surface area contributed by atoms with Crippen LogP contribution >= 0.6 is 11.8 Å². The smallest absolute Gasteiger partial charge is 0.190 e. The van der Waals surface area contributed by atoms with Crippen molar-refractivity contribution in [1.29, 1.82) is 0 Å². The fraction of sp³-hybridized carbons (Fsp3) is 0.900. The van der Waals surface area contributed by atoms with E-state index in [-0.39, 0.29) is 0 Å². The first kappa shape index (κ1) is 13.6. The molecule has 0 aliphatic heterocycles. The van der Waals surface area contributed by atoms with Gasteiger partial charge in [0, 0.05) is 20.6 Å². The molecule has 0 aromatic carbocycles. The van der Waals surface area contributed by atoms with Gasteiger partial charge < -0.3 is 10.6 Å². The van der Waals surface area contributed by atoms with E-state index in [9.17, 15) is 0 Å². The van der Waals surface area contributed by atoms with Gasteiger partial charge in [-0.05, 0) is 24.9 Å². The Morgan fingerprint density at radius 2 is 1.93 bits per heavy atom. The van der Waals surface area contributed by atoms with E-state index in [1.165, 1.54) is 31.4 Å². The van der Waals surface area contributed by atoms with E-state index in [1.807, 2.05) is 18.8 Å². The third-order valence-corrected chi connectivity index (χ3v) is 2.73. The summed E-state index contributed by atoms with van der Waals surface area (Å²) in [5, 5.41) is 6.24. The lowest BCUT2D eigenvalue weighted by Gasteiger charge is -2.07. The number of hydrogen-bond acceptors (Lipinski definition) is 2. The number of nitrogens with one attached hydrogen (secondary N) is 2. The van der Waals surface area contributed by atoms with Crippen LogP contribution in [0.25, 0.3) is 0 Å². The van der Waals surface area contributed by atoms with Gasteiger partial charge in [-0.1, -0.05) is 12.8 Å². The van der Waals surface area contributed by atoms with Gasteiger partial charge in [0.2, 0.25) is 0 Å². The molecule has 0 aromatic rings. The van der Waals surface area contributed by atoms with E-state index in [4.69, 9.17) is 0 Å². The molecule has 0 saturated carbocycles. The lowest BCUT2D eigenvalue weighted by Crippen LogP contribution is -2.35. The highest BCUT2D eigenvalue weighted by molar-refractivity contribution is 7.98. The van der Waals surface area contributed by atoms with Crippen molar-refractivity contribution in [2.75, 3.05) is 32.6 Å². The standard InChI is InChI=1S/C10H23N3S/c1-11-10(12-2)13-8-6-4-5-7-9-14-3/h4-9H2,1-3H3,(H2,11,12,13). The van der Waals surface area contributed by atoms with Crippen LogP contribution in [0.5, 0.6) is 0 Å². The van der Waals surface area contributed by atoms with E-state index < -0.39 is 0 Å². The van der Waals surface area contributed by atoms with Gasteiger partial charge in [0.15, 0.2) is 5.96 Å². The van der Waals surface area contributed by atoms with Crippen LogP contribution in [0.15, 0.2) is 4.99 Å². The summed E-state index contributed by atoms with van der Waals surface area (Å²) in [6, 6.07) is 0. The van der Waals surface area contributed by atoms with Crippen LogP contribution in [0.1, 0.15) is 25.7 Å². The number of nitrogens with zero attached hydrogens (tertiary/aromatic N) is 1. The fourth-order valence-electron chi connectivity index (χ4n) is 1.21. The van der Waals surface area contributed by atoms with E-state index in [1.54, 1.807) is 7.05 Å². The third kappa shape index (κ3) is 8.23. The zero-order valence-electron chi connectivity index (χ0n) is 9.60. The van der Waals surface area contributed by atoms with Gasteiger partial charge in [-0.25, -0.2) is 0 Å². The molecule has 0 aromatic heterocycles. The Kier molecular flexibility index (Phi) is 10.4. The largest absolute Gasteiger partial charge is 0.359 e. The van der Waals surface area contributed by atoms with Crippen molar-refractivity contribution < 1.29 is 0 Å². The number of unbranched alkanes of at least 4 members (excludes halogenated alkanes) is 3. The summed E-state index contributed by atoms with van der Waals surface area (Å²) in [7, 11) is 3.67. The van der Waals surface area contributed by atoms with Crippen LogP contribution in [0.4, 0.5) is 0 Å². The highest BCUT2D eigenvalue weighted by Gasteiger charge is 1.92. The van der Waals surface area contributed by atoms with E-state index in [0.29, 0.717) is 0 Å². The first-order valence-corrected chi connectivity index (χ1v) is 6.62. The van der Waals surface area contributed by atoms with Crippen molar-refractivity contribution in [1.82, 2.24) is 10.6 Å². The summed E-state index contributed by atoms with van der Waals surface area (Å²) in [5.74, 6) is 2.18. The monoisotopic (exact) mass is 217 g/mol. The van der Waals surface area contributed by atoms with Gasteiger partial charge in [0.25, 0.3) is 0 Å². The van der Waals surface area contributed by atoms with E-state index in [2.05, 4.69) is 21.9 Å². The van der Waals surface area contributed by atoms with Crippen molar-refractivity contribution >= 4 is 17.7 Å². The molecule has 0 heterocycles. The van der Waals surface area contributed by atoms with Crippen LogP contribution in [0, 0.1) is 0 Å². The fourth-order valence-corrected chi connectivity index (χ4v) is 1.70. The Bertz CT molecular complexity index is 148. The Morgan fingerprint density at radius 1 is 1.21 bits per heavy atom. The number of guanidine groups is 1. The molecule has 0 amide bonds. The number of rotatable bonds is 7. The molecule has 0 unspecified atom stereocenters. The van der Waals surface area contributed by atoms with Gasteiger partial charge in [-0.3, -0.25) is 4.99 Å². The lowest BCUT2D eigenvalue weighted by molar-refractivity contribution is 0.653. The molecule has 0 fully saturated rings. The molecule has 2 N–H and O–H groups in total. The molecule has 0 atom stereocenters. The average molecular weight is 217 g/mol. The maximum atomic E-state index is 4.04. The average Bonchev–Trinajstić information content (AvgIpc) is 2.22. The van der Waals surface area contributed by atoms with Crippen LogP contribution in [0.3, 0.4) is 0 Å². The molecular weight excluding hydrogens is 194 g/mol. The van der Waals surface area contributed by atoms with Crippen LogP contribution in [-0.4, -0.2) is 38.6 Å². The zero-order valence-corrected chi connectivity index (χ0v) is 10.4. The van der Waals surface area contributed by atoms with Gasteiger partial charge >= 0.3 is 0 Å². The van der Waals surface area contributed by atoms with Crippen LogP contribution < -0.4 is 10.6 Å². The number of hydrogen-bond donors (Lipinski definition) is 2. The normalized spacial score (nSPS) is 11.5. The molecule has 0 radical (unpaired) electrons. The molecule has 4 heteroatoms. The lowest BCUT2D eigenvalue weighted by atomic mass is 10.2. The Morgan fingerprint density at radius 3 is 2.50 bits per heavy atom. The Hall–Kier alpha value is -0.380. The Balaban J connectivity index is 3.13. The minimum Gasteiger partial charge on any atom is -0.359 e. The third-order valence-electron chi connectivity index (χ3n) is 2.03. The van der Waals surface area contributed by atoms with Crippen molar-refractivity contribution in [3.63, 3.8) is 0 Å². The van der Waals surface area contributed by atoms with Gasteiger partial charge in [-0.2, -0.15) is 11.8 Å². The van der Waals surface area contributed by atoms with Gasteiger partial charge in [0.05, 0.1) is 0 Å². The molecule has 0 bridgehead atoms. The van der Waals surface area contributed by atoms with E-state index >= 15 is 0 Å². The molecule has 0 saturated heterocycles. The summed E-state index contributed by atoms with van der Waals surface area (Å²) in [6.45, 7) is 1.02. The molecule has 0 aliphatic rings. The molecule has 0 rings (SSSR count). The van der Waals surface area contributed by atoms with E-state index in [0.717, 1.165) is 12.5 Å². The summed E-state index contributed by atoms with van der Waals surface area (Å²) in [5.41, 5.74) is 0. The quantitative estimate of drug-likeness (QED) is 0.387. The maximum Gasteiger partial charge on any atom is 0.190 e. The molecule has 0 spiro atoms. The van der Waals surface area contributed by atoms with Crippen molar-refractivity contribution in [2.45, 2.75) is 25.7 Å². The first-order valence-electron chi connectivity index (χ1n) is 5.22. The second kappa shape index (κ2) is 10.7. The summed E-state index contributed by atoms with van der Waals surface area (Å²) < 4.78 is 0.